The lowest BCUT2D eigenvalue weighted by atomic mass is 9.97. The van der Waals surface area contributed by atoms with Gasteiger partial charge in [0, 0.05) is 10.9 Å². The van der Waals surface area contributed by atoms with Crippen LogP contribution in [0.2, 0.25) is 18.1 Å². The van der Waals surface area contributed by atoms with Gasteiger partial charge in [0.15, 0.2) is 8.32 Å². The maximum atomic E-state index is 15.6. The Kier molecular flexibility index (Phi) is 7.70. The third-order valence-electron chi connectivity index (χ3n) is 6.66. The molecule has 3 rings (SSSR count). The van der Waals surface area contributed by atoms with E-state index in [4.69, 9.17) is 4.43 Å². The van der Waals surface area contributed by atoms with Crippen LogP contribution in [0.15, 0.2) is 35.1 Å². The fourth-order valence-corrected chi connectivity index (χ4v) is 5.29. The van der Waals surface area contributed by atoms with Crippen molar-refractivity contribution in [1.29, 1.82) is 0 Å². The Balaban J connectivity index is 1.95. The number of pyridine rings is 1. The second kappa shape index (κ2) is 9.78. The number of alkyl halides is 2. The van der Waals surface area contributed by atoms with Gasteiger partial charge in [-0.15, -0.1) is 0 Å². The van der Waals surface area contributed by atoms with Crippen molar-refractivity contribution in [2.75, 3.05) is 5.32 Å². The molecule has 0 aliphatic carbocycles. The smallest absolute Gasteiger partial charge is 0.300 e. The molecule has 2 atom stereocenters. The molecule has 0 saturated heterocycles. The molecule has 0 fully saturated rings. The SMILES string of the molecule is Cc1nc(N[C@H](C)c2cccc(C(F)(F)C(C)O[Si](C)(C)C(C)(C)C)c2F)c2cc(Br)ncc2n1. The Morgan fingerprint density at radius 3 is 2.40 bits per heavy atom. The molecule has 0 aliphatic heterocycles. The van der Waals surface area contributed by atoms with E-state index in [1.54, 1.807) is 26.1 Å². The van der Waals surface area contributed by atoms with E-state index in [0.29, 0.717) is 27.1 Å². The first-order valence-electron chi connectivity index (χ1n) is 11.5. The molecule has 3 aromatic rings. The van der Waals surface area contributed by atoms with E-state index in [2.05, 4.69) is 36.2 Å². The van der Waals surface area contributed by atoms with E-state index in [9.17, 15) is 0 Å². The summed E-state index contributed by atoms with van der Waals surface area (Å²) in [4.78, 5) is 13.0. The van der Waals surface area contributed by atoms with Gasteiger partial charge in [-0.05, 0) is 67.0 Å². The second-order valence-corrected chi connectivity index (χ2v) is 15.9. The van der Waals surface area contributed by atoms with E-state index in [-0.39, 0.29) is 10.6 Å². The summed E-state index contributed by atoms with van der Waals surface area (Å²) in [5, 5.41) is 3.60. The van der Waals surface area contributed by atoms with Gasteiger partial charge in [-0.25, -0.2) is 19.3 Å². The third kappa shape index (κ3) is 5.70. The van der Waals surface area contributed by atoms with Crippen molar-refractivity contribution in [2.24, 2.45) is 0 Å². The summed E-state index contributed by atoms with van der Waals surface area (Å²) in [6.45, 7) is 14.5. The monoisotopic (exact) mass is 568 g/mol. The average Bonchev–Trinajstić information content (AvgIpc) is 2.73. The molecule has 190 valence electrons. The molecular weight excluding hydrogens is 537 g/mol. The quantitative estimate of drug-likeness (QED) is 0.232. The van der Waals surface area contributed by atoms with E-state index in [1.165, 1.54) is 19.1 Å². The van der Waals surface area contributed by atoms with Gasteiger partial charge in [0.1, 0.15) is 28.2 Å². The number of anilines is 1. The number of aromatic nitrogens is 3. The molecule has 1 aromatic carbocycles. The number of nitrogens with zero attached hydrogens (tertiary/aromatic N) is 3. The molecule has 5 nitrogen and oxygen atoms in total. The van der Waals surface area contributed by atoms with Crippen LogP contribution in [-0.4, -0.2) is 29.4 Å². The topological polar surface area (TPSA) is 59.9 Å². The molecule has 0 aliphatic rings. The van der Waals surface area contributed by atoms with E-state index < -0.39 is 37.8 Å². The van der Waals surface area contributed by atoms with E-state index in [0.717, 1.165) is 6.07 Å². The Morgan fingerprint density at radius 1 is 1.11 bits per heavy atom. The summed E-state index contributed by atoms with van der Waals surface area (Å²) in [6, 6.07) is 5.18. The van der Waals surface area contributed by atoms with Crippen molar-refractivity contribution in [3.05, 3.63) is 57.8 Å². The van der Waals surface area contributed by atoms with Crippen LogP contribution in [-0.2, 0) is 10.3 Å². The maximum Gasteiger partial charge on any atom is 0.300 e. The average molecular weight is 570 g/mol. The molecule has 0 bridgehead atoms. The number of nitrogens with one attached hydrogen (secondary N) is 1. The number of rotatable bonds is 7. The number of aryl methyl sites for hydroxylation is 1. The van der Waals surface area contributed by atoms with Crippen molar-refractivity contribution in [3.63, 3.8) is 0 Å². The minimum absolute atomic E-state index is 0.110. The van der Waals surface area contributed by atoms with Crippen molar-refractivity contribution in [2.45, 2.75) is 77.7 Å². The van der Waals surface area contributed by atoms with Crippen molar-refractivity contribution >= 4 is 41.0 Å². The molecule has 10 heteroatoms. The van der Waals surface area contributed by atoms with Gasteiger partial charge in [-0.3, -0.25) is 0 Å². The van der Waals surface area contributed by atoms with E-state index >= 15 is 13.2 Å². The number of hydrogen-bond acceptors (Lipinski definition) is 5. The van der Waals surface area contributed by atoms with Crippen LogP contribution in [0.1, 0.15) is 57.6 Å². The zero-order chi connectivity index (χ0) is 26.3. The van der Waals surface area contributed by atoms with Crippen molar-refractivity contribution < 1.29 is 17.6 Å². The van der Waals surface area contributed by atoms with Gasteiger partial charge < -0.3 is 9.74 Å². The van der Waals surface area contributed by atoms with Gasteiger partial charge in [0.05, 0.1) is 23.3 Å². The molecule has 1 N–H and O–H groups in total. The van der Waals surface area contributed by atoms with Crippen LogP contribution in [0.5, 0.6) is 0 Å². The van der Waals surface area contributed by atoms with Crippen molar-refractivity contribution in [1.82, 2.24) is 15.0 Å². The highest BCUT2D eigenvalue weighted by Crippen LogP contribution is 2.43. The first-order valence-corrected chi connectivity index (χ1v) is 15.2. The van der Waals surface area contributed by atoms with Gasteiger partial charge in [-0.2, -0.15) is 8.78 Å². The highest BCUT2D eigenvalue weighted by molar-refractivity contribution is 9.10. The largest absolute Gasteiger partial charge is 0.408 e. The molecule has 2 aromatic heterocycles. The fraction of sp³-hybridized carbons (Fsp3) is 0.480. The van der Waals surface area contributed by atoms with Crippen LogP contribution in [0.25, 0.3) is 10.9 Å². The lowest BCUT2D eigenvalue weighted by Gasteiger charge is -2.40. The molecular formula is C25H32BrF3N4OSi. The number of hydrogen-bond donors (Lipinski definition) is 1. The summed E-state index contributed by atoms with van der Waals surface area (Å²) >= 11 is 3.34. The molecule has 1 unspecified atom stereocenters. The molecule has 0 radical (unpaired) electrons. The normalized spacial score (nSPS) is 14.7. The second-order valence-electron chi connectivity index (χ2n) is 10.4. The highest BCUT2D eigenvalue weighted by atomic mass is 79.9. The Morgan fingerprint density at radius 2 is 1.77 bits per heavy atom. The number of fused-ring (bicyclic) bond motifs is 1. The zero-order valence-electron chi connectivity index (χ0n) is 21.3. The standard InChI is InChI=1S/C25H32BrF3N4OSi/c1-14(31-23-18-12-21(26)30-13-20(18)32-16(3)33-23)17-10-9-11-19(22(17)27)25(28,29)15(2)34-35(7,8)24(4,5)6/h9-15H,1-8H3,(H,31,32,33)/t14-,15?/m1/s1. The van der Waals surface area contributed by atoms with Gasteiger partial charge in [0.25, 0.3) is 5.92 Å². The summed E-state index contributed by atoms with van der Waals surface area (Å²) in [6.07, 6.45) is 0.130. The predicted octanol–water partition coefficient (Wildman–Crippen LogP) is 7.91. The number of halogens is 4. The van der Waals surface area contributed by atoms with Gasteiger partial charge in [-0.1, -0.05) is 32.9 Å². The van der Waals surface area contributed by atoms with Crippen LogP contribution >= 0.6 is 15.9 Å². The van der Waals surface area contributed by atoms with E-state index in [1.807, 2.05) is 33.9 Å². The highest BCUT2D eigenvalue weighted by Gasteiger charge is 2.47. The first-order chi connectivity index (χ1) is 16.0. The fourth-order valence-electron chi connectivity index (χ4n) is 3.57. The van der Waals surface area contributed by atoms with Gasteiger partial charge >= 0.3 is 0 Å². The van der Waals surface area contributed by atoms with Crippen LogP contribution in [0.4, 0.5) is 19.0 Å². The molecule has 0 saturated carbocycles. The number of benzene rings is 1. The Hall–Kier alpha value is -2.04. The lowest BCUT2D eigenvalue weighted by molar-refractivity contribution is -0.102. The Bertz CT molecular complexity index is 1230. The molecule has 2 heterocycles. The molecule has 0 spiro atoms. The summed E-state index contributed by atoms with van der Waals surface area (Å²) in [5.74, 6) is -3.49. The third-order valence-corrected chi connectivity index (χ3v) is 11.6. The predicted molar refractivity (Wildman–Crippen MR) is 140 cm³/mol. The molecule has 35 heavy (non-hydrogen) atoms. The van der Waals surface area contributed by atoms with Crippen LogP contribution in [0, 0.1) is 12.7 Å². The maximum absolute atomic E-state index is 15.6. The summed E-state index contributed by atoms with van der Waals surface area (Å²) < 4.78 is 53.1. The zero-order valence-corrected chi connectivity index (χ0v) is 23.9. The minimum Gasteiger partial charge on any atom is -0.408 e. The first kappa shape index (κ1) is 27.5. The molecule has 0 amide bonds. The van der Waals surface area contributed by atoms with Crippen LogP contribution < -0.4 is 5.32 Å². The summed E-state index contributed by atoms with van der Waals surface area (Å²) in [7, 11) is -2.49. The van der Waals surface area contributed by atoms with Gasteiger partial charge in [0.2, 0.25) is 0 Å². The minimum atomic E-state index is -3.51. The van der Waals surface area contributed by atoms with Crippen LogP contribution in [0.3, 0.4) is 0 Å². The van der Waals surface area contributed by atoms with Crippen molar-refractivity contribution in [3.8, 4) is 0 Å². The Labute approximate surface area is 214 Å². The lowest BCUT2D eigenvalue weighted by Crippen LogP contribution is -2.47. The summed E-state index contributed by atoms with van der Waals surface area (Å²) in [5.41, 5.74) is 0.0533.